The molecule has 0 heterocycles. The lowest BCUT2D eigenvalue weighted by Crippen LogP contribution is -2.02. The van der Waals surface area contributed by atoms with Gasteiger partial charge in [-0.1, -0.05) is 15.9 Å². The van der Waals surface area contributed by atoms with Crippen molar-refractivity contribution in [3.05, 3.63) is 35.2 Å². The summed E-state index contributed by atoms with van der Waals surface area (Å²) in [6.45, 7) is 3.05. The number of ether oxygens (including phenoxy) is 1. The minimum atomic E-state index is -0.654. The molecule has 0 fully saturated rings. The van der Waals surface area contributed by atoms with Crippen molar-refractivity contribution in [2.75, 3.05) is 0 Å². The zero-order valence-electron chi connectivity index (χ0n) is 6.62. The SMILES string of the molecule is [CH2]C(=O)Oc1ccc(Br)c(C=O)c1. The maximum absolute atomic E-state index is 10.5. The van der Waals surface area contributed by atoms with Gasteiger partial charge in [0.15, 0.2) is 6.29 Å². The molecule has 13 heavy (non-hydrogen) atoms. The second-order valence-electron chi connectivity index (χ2n) is 2.28. The Hall–Kier alpha value is -1.16. The predicted molar refractivity (Wildman–Crippen MR) is 50.5 cm³/mol. The van der Waals surface area contributed by atoms with Gasteiger partial charge in [0.1, 0.15) is 5.75 Å². The molecule has 0 aliphatic rings. The van der Waals surface area contributed by atoms with Crippen LogP contribution in [-0.4, -0.2) is 12.3 Å². The lowest BCUT2D eigenvalue weighted by Gasteiger charge is -2.02. The molecular weight excluding hydrogens is 236 g/mol. The molecule has 1 aromatic rings. The molecule has 1 rings (SSSR count). The first-order chi connectivity index (χ1) is 6.13. The highest BCUT2D eigenvalue weighted by atomic mass is 79.9. The summed E-state index contributed by atoms with van der Waals surface area (Å²) in [4.78, 5) is 20.9. The molecule has 0 aliphatic carbocycles. The monoisotopic (exact) mass is 241 g/mol. The van der Waals surface area contributed by atoms with Gasteiger partial charge in [-0.2, -0.15) is 0 Å². The van der Waals surface area contributed by atoms with Gasteiger partial charge in [-0.05, 0) is 18.2 Å². The highest BCUT2D eigenvalue weighted by Crippen LogP contribution is 2.21. The number of hydrogen-bond acceptors (Lipinski definition) is 3. The van der Waals surface area contributed by atoms with Crippen molar-refractivity contribution in [2.24, 2.45) is 0 Å². The van der Waals surface area contributed by atoms with Gasteiger partial charge in [-0.25, -0.2) is 0 Å². The normalized spacial score (nSPS) is 9.38. The number of benzene rings is 1. The predicted octanol–water partition coefficient (Wildman–Crippen LogP) is 2.00. The highest BCUT2D eigenvalue weighted by molar-refractivity contribution is 9.10. The largest absolute Gasteiger partial charge is 0.426 e. The van der Waals surface area contributed by atoms with E-state index in [0.29, 0.717) is 22.1 Å². The van der Waals surface area contributed by atoms with E-state index < -0.39 is 5.97 Å². The molecular formula is C9H6BrO3. The van der Waals surface area contributed by atoms with Crippen LogP contribution < -0.4 is 4.74 Å². The number of hydrogen-bond donors (Lipinski definition) is 0. The number of rotatable bonds is 2. The third kappa shape index (κ3) is 2.66. The van der Waals surface area contributed by atoms with Crippen LogP contribution in [0.3, 0.4) is 0 Å². The Labute approximate surface area is 83.8 Å². The third-order valence-electron chi connectivity index (χ3n) is 1.33. The van der Waals surface area contributed by atoms with Crippen molar-refractivity contribution < 1.29 is 14.3 Å². The quantitative estimate of drug-likeness (QED) is 0.452. The van der Waals surface area contributed by atoms with Gasteiger partial charge >= 0.3 is 5.97 Å². The maximum Gasteiger partial charge on any atom is 0.311 e. The van der Waals surface area contributed by atoms with Crippen molar-refractivity contribution in [1.82, 2.24) is 0 Å². The number of carbonyl (C=O) groups excluding carboxylic acids is 2. The van der Waals surface area contributed by atoms with Crippen LogP contribution in [0.4, 0.5) is 0 Å². The molecule has 0 aromatic heterocycles. The van der Waals surface area contributed by atoms with Gasteiger partial charge in [0.05, 0.1) is 6.92 Å². The van der Waals surface area contributed by atoms with Crippen LogP contribution in [0, 0.1) is 6.92 Å². The van der Waals surface area contributed by atoms with E-state index in [2.05, 4.69) is 27.6 Å². The van der Waals surface area contributed by atoms with Gasteiger partial charge in [0.25, 0.3) is 0 Å². The van der Waals surface area contributed by atoms with Gasteiger partial charge in [-0.15, -0.1) is 0 Å². The summed E-state index contributed by atoms with van der Waals surface area (Å²) in [5, 5.41) is 0. The van der Waals surface area contributed by atoms with Crippen molar-refractivity contribution in [3.63, 3.8) is 0 Å². The Kier molecular flexibility index (Phi) is 3.19. The topological polar surface area (TPSA) is 43.4 Å². The number of esters is 1. The van der Waals surface area contributed by atoms with Crippen molar-refractivity contribution >= 4 is 28.2 Å². The van der Waals surface area contributed by atoms with Crippen LogP contribution in [0.15, 0.2) is 22.7 Å². The molecule has 0 N–H and O–H groups in total. The minimum absolute atomic E-state index is 0.310. The van der Waals surface area contributed by atoms with E-state index in [1.54, 1.807) is 12.1 Å². The smallest absolute Gasteiger partial charge is 0.311 e. The van der Waals surface area contributed by atoms with E-state index in [0.717, 1.165) is 0 Å². The molecule has 0 spiro atoms. The Bertz CT molecular complexity index is 347. The standard InChI is InChI=1S/C9H6BrO3/c1-6(12)13-8-2-3-9(10)7(4-8)5-11/h2-5H,1H2. The first-order valence-corrected chi connectivity index (χ1v) is 4.21. The molecule has 3 nitrogen and oxygen atoms in total. The van der Waals surface area contributed by atoms with Crippen molar-refractivity contribution in [1.29, 1.82) is 0 Å². The van der Waals surface area contributed by atoms with Gasteiger partial charge < -0.3 is 4.74 Å². The molecule has 67 valence electrons. The number of aldehydes is 1. The average molecular weight is 242 g/mol. The lowest BCUT2D eigenvalue weighted by molar-refractivity contribution is -0.129. The Morgan fingerprint density at radius 3 is 2.77 bits per heavy atom. The molecule has 1 radical (unpaired) electrons. The summed E-state index contributed by atoms with van der Waals surface area (Å²) in [5.41, 5.74) is 0.429. The number of halogens is 1. The molecule has 1 aromatic carbocycles. The van der Waals surface area contributed by atoms with Crippen LogP contribution in [0.1, 0.15) is 10.4 Å². The molecule has 0 saturated carbocycles. The Morgan fingerprint density at radius 2 is 2.23 bits per heavy atom. The lowest BCUT2D eigenvalue weighted by atomic mass is 10.2. The summed E-state index contributed by atoms with van der Waals surface area (Å²) in [6.07, 6.45) is 0.671. The van der Waals surface area contributed by atoms with Gasteiger partial charge in [-0.3, -0.25) is 9.59 Å². The summed E-state index contributed by atoms with van der Waals surface area (Å²) in [5.74, 6) is -0.343. The second-order valence-corrected chi connectivity index (χ2v) is 3.13. The van der Waals surface area contributed by atoms with E-state index in [1.165, 1.54) is 6.07 Å². The zero-order chi connectivity index (χ0) is 9.84. The molecule has 4 heteroatoms. The van der Waals surface area contributed by atoms with E-state index in [1.807, 2.05) is 0 Å². The summed E-state index contributed by atoms with van der Waals surface area (Å²) in [7, 11) is 0. The maximum atomic E-state index is 10.5. The van der Waals surface area contributed by atoms with Crippen LogP contribution in [-0.2, 0) is 4.79 Å². The molecule has 0 aliphatic heterocycles. The van der Waals surface area contributed by atoms with Crippen LogP contribution >= 0.6 is 15.9 Å². The van der Waals surface area contributed by atoms with Crippen LogP contribution in [0.2, 0.25) is 0 Å². The number of carbonyl (C=O) groups is 2. The summed E-state index contributed by atoms with van der Waals surface area (Å²) >= 11 is 3.17. The first kappa shape index (κ1) is 9.92. The van der Waals surface area contributed by atoms with E-state index >= 15 is 0 Å². The van der Waals surface area contributed by atoms with Crippen molar-refractivity contribution in [2.45, 2.75) is 0 Å². The molecule has 0 saturated heterocycles. The second kappa shape index (κ2) is 4.18. The van der Waals surface area contributed by atoms with Crippen LogP contribution in [0.5, 0.6) is 5.75 Å². The van der Waals surface area contributed by atoms with Crippen LogP contribution in [0.25, 0.3) is 0 Å². The van der Waals surface area contributed by atoms with Gasteiger partial charge in [0.2, 0.25) is 0 Å². The minimum Gasteiger partial charge on any atom is -0.426 e. The Morgan fingerprint density at radius 1 is 1.54 bits per heavy atom. The van der Waals surface area contributed by atoms with E-state index in [-0.39, 0.29) is 0 Å². The average Bonchev–Trinajstić information content (AvgIpc) is 2.07. The van der Waals surface area contributed by atoms with Crippen molar-refractivity contribution in [3.8, 4) is 5.75 Å². The third-order valence-corrected chi connectivity index (χ3v) is 2.05. The molecule has 0 amide bonds. The van der Waals surface area contributed by atoms with E-state index in [9.17, 15) is 9.59 Å². The molecule has 0 atom stereocenters. The van der Waals surface area contributed by atoms with E-state index in [4.69, 9.17) is 0 Å². The fraction of sp³-hybridized carbons (Fsp3) is 0. The summed E-state index contributed by atoms with van der Waals surface area (Å²) < 4.78 is 5.34. The highest BCUT2D eigenvalue weighted by Gasteiger charge is 2.02. The molecule has 0 unspecified atom stereocenters. The molecule has 0 bridgehead atoms. The fourth-order valence-electron chi connectivity index (χ4n) is 0.807. The van der Waals surface area contributed by atoms with Gasteiger partial charge in [0, 0.05) is 10.0 Å². The Balaban J connectivity index is 2.99. The summed E-state index contributed by atoms with van der Waals surface area (Å²) in [6, 6.07) is 4.66. The zero-order valence-corrected chi connectivity index (χ0v) is 8.21. The fourth-order valence-corrected chi connectivity index (χ4v) is 1.15. The first-order valence-electron chi connectivity index (χ1n) is 3.42.